The molecule has 0 aliphatic rings. The molecule has 5 heteroatoms. The van der Waals surface area contributed by atoms with E-state index in [1.807, 2.05) is 6.92 Å². The number of rotatable bonds is 5. The van der Waals surface area contributed by atoms with Crippen molar-refractivity contribution >= 4 is 17.6 Å². The molecular formula is C13H18N2O3. The minimum absolute atomic E-state index is 0.198. The standard InChI is InChI=1S/C13H18N2O3/c1-3-4-10(14)12(16)15-11-6-5-9(13(17)18)7-8(11)2/h5-7,10H,3-4,14H2,1-2H3,(H,15,16)(H,17,18). The number of carbonyl (C=O) groups is 2. The molecule has 1 unspecified atom stereocenters. The van der Waals surface area contributed by atoms with Crippen molar-refractivity contribution in [2.45, 2.75) is 32.7 Å². The number of carboxylic acids is 1. The van der Waals surface area contributed by atoms with Crippen molar-refractivity contribution in [2.24, 2.45) is 5.73 Å². The van der Waals surface area contributed by atoms with Gasteiger partial charge in [0.2, 0.25) is 5.91 Å². The smallest absolute Gasteiger partial charge is 0.335 e. The van der Waals surface area contributed by atoms with E-state index in [0.29, 0.717) is 17.7 Å². The van der Waals surface area contributed by atoms with Crippen LogP contribution in [-0.2, 0) is 4.79 Å². The Labute approximate surface area is 106 Å². The molecule has 0 radical (unpaired) electrons. The third-order valence-electron chi connectivity index (χ3n) is 2.67. The molecule has 1 rings (SSSR count). The molecule has 0 spiro atoms. The molecule has 5 nitrogen and oxygen atoms in total. The van der Waals surface area contributed by atoms with Gasteiger partial charge in [0.05, 0.1) is 11.6 Å². The van der Waals surface area contributed by atoms with Gasteiger partial charge in [0.1, 0.15) is 0 Å². The molecule has 0 bridgehead atoms. The summed E-state index contributed by atoms with van der Waals surface area (Å²) < 4.78 is 0. The maximum Gasteiger partial charge on any atom is 0.335 e. The molecule has 0 aromatic heterocycles. The molecule has 0 heterocycles. The van der Waals surface area contributed by atoms with Gasteiger partial charge >= 0.3 is 5.97 Å². The topological polar surface area (TPSA) is 92.4 Å². The lowest BCUT2D eigenvalue weighted by Crippen LogP contribution is -2.35. The van der Waals surface area contributed by atoms with Gasteiger partial charge in [0.25, 0.3) is 0 Å². The highest BCUT2D eigenvalue weighted by Gasteiger charge is 2.14. The van der Waals surface area contributed by atoms with Gasteiger partial charge in [-0.1, -0.05) is 13.3 Å². The van der Waals surface area contributed by atoms with Crippen LogP contribution in [0.4, 0.5) is 5.69 Å². The number of aromatic carboxylic acids is 1. The van der Waals surface area contributed by atoms with Gasteiger partial charge < -0.3 is 16.2 Å². The summed E-state index contributed by atoms with van der Waals surface area (Å²) in [4.78, 5) is 22.5. The molecule has 18 heavy (non-hydrogen) atoms. The molecule has 1 atom stereocenters. The highest BCUT2D eigenvalue weighted by atomic mass is 16.4. The minimum atomic E-state index is -0.987. The average molecular weight is 250 g/mol. The van der Waals surface area contributed by atoms with Crippen LogP contribution in [0.3, 0.4) is 0 Å². The molecular weight excluding hydrogens is 232 g/mol. The van der Waals surface area contributed by atoms with Crippen molar-refractivity contribution in [3.63, 3.8) is 0 Å². The minimum Gasteiger partial charge on any atom is -0.478 e. The summed E-state index contributed by atoms with van der Waals surface area (Å²) >= 11 is 0. The Balaban J connectivity index is 2.79. The normalized spacial score (nSPS) is 11.9. The lowest BCUT2D eigenvalue weighted by molar-refractivity contribution is -0.117. The first-order chi connectivity index (χ1) is 8.45. The fraction of sp³-hybridized carbons (Fsp3) is 0.385. The number of benzene rings is 1. The monoisotopic (exact) mass is 250 g/mol. The summed E-state index contributed by atoms with van der Waals surface area (Å²) in [6.45, 7) is 3.70. The molecule has 0 aliphatic heterocycles. The van der Waals surface area contributed by atoms with E-state index in [2.05, 4.69) is 5.32 Å². The Bertz CT molecular complexity index is 458. The van der Waals surface area contributed by atoms with Crippen LogP contribution in [-0.4, -0.2) is 23.0 Å². The van der Waals surface area contributed by atoms with Gasteiger partial charge in [-0.3, -0.25) is 4.79 Å². The zero-order chi connectivity index (χ0) is 13.7. The van der Waals surface area contributed by atoms with Crippen LogP contribution in [0.15, 0.2) is 18.2 Å². The van der Waals surface area contributed by atoms with Crippen molar-refractivity contribution in [1.82, 2.24) is 0 Å². The SMILES string of the molecule is CCCC(N)C(=O)Nc1ccc(C(=O)O)cc1C. The Morgan fingerprint density at radius 1 is 1.44 bits per heavy atom. The summed E-state index contributed by atoms with van der Waals surface area (Å²) in [5.74, 6) is -1.23. The predicted molar refractivity (Wildman–Crippen MR) is 69.7 cm³/mol. The van der Waals surface area contributed by atoms with Crippen LogP contribution in [0.5, 0.6) is 0 Å². The third kappa shape index (κ3) is 3.56. The number of amides is 1. The van der Waals surface area contributed by atoms with Crippen LogP contribution in [0, 0.1) is 6.92 Å². The van der Waals surface area contributed by atoms with Gasteiger partial charge in [-0.05, 0) is 37.1 Å². The van der Waals surface area contributed by atoms with E-state index in [1.54, 1.807) is 13.0 Å². The lowest BCUT2D eigenvalue weighted by atomic mass is 10.1. The number of carboxylic acid groups (broad SMARTS) is 1. The summed E-state index contributed by atoms with van der Waals surface area (Å²) in [5, 5.41) is 11.5. The molecule has 0 saturated carbocycles. The van der Waals surface area contributed by atoms with E-state index < -0.39 is 12.0 Å². The largest absolute Gasteiger partial charge is 0.478 e. The zero-order valence-electron chi connectivity index (χ0n) is 10.6. The van der Waals surface area contributed by atoms with Gasteiger partial charge in [0.15, 0.2) is 0 Å². The van der Waals surface area contributed by atoms with Crippen LogP contribution in [0.25, 0.3) is 0 Å². The maximum atomic E-state index is 11.7. The summed E-state index contributed by atoms with van der Waals surface area (Å²) in [5.41, 5.74) is 7.19. The van der Waals surface area contributed by atoms with E-state index in [-0.39, 0.29) is 11.5 Å². The second-order valence-corrected chi connectivity index (χ2v) is 4.22. The van der Waals surface area contributed by atoms with E-state index in [0.717, 1.165) is 6.42 Å². The van der Waals surface area contributed by atoms with Crippen molar-refractivity contribution in [2.75, 3.05) is 5.32 Å². The van der Waals surface area contributed by atoms with E-state index in [1.165, 1.54) is 12.1 Å². The van der Waals surface area contributed by atoms with Gasteiger partial charge in [0, 0.05) is 5.69 Å². The van der Waals surface area contributed by atoms with Crippen molar-refractivity contribution in [1.29, 1.82) is 0 Å². The quantitative estimate of drug-likeness (QED) is 0.742. The molecule has 1 amide bonds. The average Bonchev–Trinajstić information content (AvgIpc) is 2.31. The number of carbonyl (C=O) groups excluding carboxylic acids is 1. The molecule has 4 N–H and O–H groups in total. The van der Waals surface area contributed by atoms with Gasteiger partial charge in [-0.15, -0.1) is 0 Å². The Morgan fingerprint density at radius 2 is 2.11 bits per heavy atom. The van der Waals surface area contributed by atoms with Gasteiger partial charge in [-0.2, -0.15) is 0 Å². The van der Waals surface area contributed by atoms with E-state index in [4.69, 9.17) is 10.8 Å². The van der Waals surface area contributed by atoms with Crippen molar-refractivity contribution in [3.05, 3.63) is 29.3 Å². The number of hydrogen-bond acceptors (Lipinski definition) is 3. The highest BCUT2D eigenvalue weighted by Crippen LogP contribution is 2.17. The first-order valence-corrected chi connectivity index (χ1v) is 5.86. The molecule has 0 aliphatic carbocycles. The second-order valence-electron chi connectivity index (χ2n) is 4.22. The fourth-order valence-corrected chi connectivity index (χ4v) is 1.60. The predicted octanol–water partition coefficient (Wildman–Crippen LogP) is 1.76. The third-order valence-corrected chi connectivity index (χ3v) is 2.67. The maximum absolute atomic E-state index is 11.7. The molecule has 0 fully saturated rings. The second kappa shape index (κ2) is 6.16. The Kier molecular flexibility index (Phi) is 4.85. The first-order valence-electron chi connectivity index (χ1n) is 5.86. The Morgan fingerprint density at radius 3 is 2.61 bits per heavy atom. The number of hydrogen-bond donors (Lipinski definition) is 3. The molecule has 0 saturated heterocycles. The highest BCUT2D eigenvalue weighted by molar-refractivity contribution is 5.96. The fourth-order valence-electron chi connectivity index (χ4n) is 1.60. The number of nitrogens with one attached hydrogen (secondary N) is 1. The number of aryl methyl sites for hydroxylation is 1. The molecule has 98 valence electrons. The molecule has 1 aromatic rings. The van der Waals surface area contributed by atoms with Gasteiger partial charge in [-0.25, -0.2) is 4.79 Å². The van der Waals surface area contributed by atoms with Crippen LogP contribution >= 0.6 is 0 Å². The van der Waals surface area contributed by atoms with Crippen molar-refractivity contribution in [3.8, 4) is 0 Å². The van der Waals surface area contributed by atoms with Crippen molar-refractivity contribution < 1.29 is 14.7 Å². The Hall–Kier alpha value is -1.88. The summed E-state index contributed by atoms with van der Waals surface area (Å²) in [7, 11) is 0. The first kappa shape index (κ1) is 14.2. The van der Waals surface area contributed by atoms with E-state index >= 15 is 0 Å². The van der Waals surface area contributed by atoms with Crippen LogP contribution in [0.1, 0.15) is 35.7 Å². The molecule has 1 aromatic carbocycles. The zero-order valence-corrected chi connectivity index (χ0v) is 10.6. The summed E-state index contributed by atoms with van der Waals surface area (Å²) in [6.07, 6.45) is 1.46. The van der Waals surface area contributed by atoms with Crippen LogP contribution < -0.4 is 11.1 Å². The number of nitrogens with two attached hydrogens (primary N) is 1. The summed E-state index contributed by atoms with van der Waals surface area (Å²) in [6, 6.07) is 4.02. The number of anilines is 1. The van der Waals surface area contributed by atoms with Crippen LogP contribution in [0.2, 0.25) is 0 Å². The lowest BCUT2D eigenvalue weighted by Gasteiger charge is -2.13. The van der Waals surface area contributed by atoms with E-state index in [9.17, 15) is 9.59 Å².